The quantitative estimate of drug-likeness (QED) is 0.857. The Bertz CT molecular complexity index is 594. The van der Waals surface area contributed by atoms with Crippen LogP contribution in [0.2, 0.25) is 0 Å². The van der Waals surface area contributed by atoms with Gasteiger partial charge in [-0.05, 0) is 36.4 Å². The standard InChI is InChI=1S/C17H20N2O2/c1-3-18-12-13-8-10-14(11-9-13)19-17(20)15-6-4-5-7-16(15)21-2/h4-11,18H,3,12H2,1-2H3,(H,19,20). The highest BCUT2D eigenvalue weighted by atomic mass is 16.5. The summed E-state index contributed by atoms with van der Waals surface area (Å²) in [6.45, 7) is 3.84. The summed E-state index contributed by atoms with van der Waals surface area (Å²) in [4.78, 5) is 12.2. The number of nitrogens with one attached hydrogen (secondary N) is 2. The van der Waals surface area contributed by atoms with Gasteiger partial charge >= 0.3 is 0 Å². The number of para-hydroxylation sites is 1. The number of methoxy groups -OCH3 is 1. The first kappa shape index (κ1) is 15.1. The summed E-state index contributed by atoms with van der Waals surface area (Å²) in [5.74, 6) is 0.394. The van der Waals surface area contributed by atoms with E-state index in [1.54, 1.807) is 19.2 Å². The minimum Gasteiger partial charge on any atom is -0.496 e. The molecule has 0 spiro atoms. The molecule has 110 valence electrons. The van der Waals surface area contributed by atoms with E-state index in [9.17, 15) is 4.79 Å². The van der Waals surface area contributed by atoms with Gasteiger partial charge in [0.1, 0.15) is 5.75 Å². The molecule has 4 nitrogen and oxygen atoms in total. The van der Waals surface area contributed by atoms with Gasteiger partial charge in [0, 0.05) is 12.2 Å². The average Bonchev–Trinajstić information content (AvgIpc) is 2.54. The predicted octanol–water partition coefficient (Wildman–Crippen LogP) is 3.06. The summed E-state index contributed by atoms with van der Waals surface area (Å²) >= 11 is 0. The van der Waals surface area contributed by atoms with Crippen LogP contribution in [-0.4, -0.2) is 19.6 Å². The third-order valence-corrected chi connectivity index (χ3v) is 3.14. The van der Waals surface area contributed by atoms with Gasteiger partial charge in [0.25, 0.3) is 5.91 Å². The maximum absolute atomic E-state index is 12.2. The molecule has 2 rings (SSSR count). The fourth-order valence-electron chi connectivity index (χ4n) is 2.01. The lowest BCUT2D eigenvalue weighted by Gasteiger charge is -2.09. The Morgan fingerprint density at radius 2 is 1.81 bits per heavy atom. The third kappa shape index (κ3) is 4.07. The normalized spacial score (nSPS) is 10.2. The number of amides is 1. The van der Waals surface area contributed by atoms with Crippen molar-refractivity contribution in [2.75, 3.05) is 19.0 Å². The molecule has 0 bridgehead atoms. The molecular weight excluding hydrogens is 264 g/mol. The maximum atomic E-state index is 12.2. The van der Waals surface area contributed by atoms with Crippen LogP contribution in [0.15, 0.2) is 48.5 Å². The Kier molecular flexibility index (Phi) is 5.35. The van der Waals surface area contributed by atoms with Gasteiger partial charge in [0.05, 0.1) is 12.7 Å². The van der Waals surface area contributed by atoms with Gasteiger partial charge in [-0.1, -0.05) is 31.2 Å². The SMILES string of the molecule is CCNCc1ccc(NC(=O)c2ccccc2OC)cc1. The van der Waals surface area contributed by atoms with Gasteiger partial charge in [0.2, 0.25) is 0 Å². The van der Waals surface area contributed by atoms with Crippen molar-refractivity contribution in [3.63, 3.8) is 0 Å². The average molecular weight is 284 g/mol. The van der Waals surface area contributed by atoms with E-state index in [-0.39, 0.29) is 5.91 Å². The molecular formula is C17H20N2O2. The monoisotopic (exact) mass is 284 g/mol. The summed E-state index contributed by atoms with van der Waals surface area (Å²) in [6.07, 6.45) is 0. The van der Waals surface area contributed by atoms with Crippen molar-refractivity contribution in [2.24, 2.45) is 0 Å². The zero-order chi connectivity index (χ0) is 15.1. The highest BCUT2D eigenvalue weighted by Crippen LogP contribution is 2.19. The Balaban J connectivity index is 2.05. The van der Waals surface area contributed by atoms with Crippen LogP contribution in [0, 0.1) is 0 Å². The zero-order valence-corrected chi connectivity index (χ0v) is 12.3. The van der Waals surface area contributed by atoms with Gasteiger partial charge in [0.15, 0.2) is 0 Å². The van der Waals surface area contributed by atoms with E-state index in [0.717, 1.165) is 18.8 Å². The molecule has 0 heterocycles. The summed E-state index contributed by atoms with van der Waals surface area (Å²) in [5.41, 5.74) is 2.48. The highest BCUT2D eigenvalue weighted by molar-refractivity contribution is 6.06. The molecule has 0 fully saturated rings. The predicted molar refractivity (Wildman–Crippen MR) is 84.8 cm³/mol. The number of benzene rings is 2. The number of carbonyl (C=O) groups excluding carboxylic acids is 1. The van der Waals surface area contributed by atoms with Crippen LogP contribution in [0.1, 0.15) is 22.8 Å². The van der Waals surface area contributed by atoms with E-state index in [2.05, 4.69) is 17.6 Å². The number of ether oxygens (including phenoxy) is 1. The second-order valence-electron chi connectivity index (χ2n) is 4.63. The molecule has 4 heteroatoms. The lowest BCUT2D eigenvalue weighted by molar-refractivity contribution is 0.102. The van der Waals surface area contributed by atoms with E-state index >= 15 is 0 Å². The van der Waals surface area contributed by atoms with Crippen LogP contribution in [0.5, 0.6) is 5.75 Å². The topological polar surface area (TPSA) is 50.4 Å². The van der Waals surface area contributed by atoms with Crippen molar-refractivity contribution >= 4 is 11.6 Å². The highest BCUT2D eigenvalue weighted by Gasteiger charge is 2.11. The Hall–Kier alpha value is -2.33. The second kappa shape index (κ2) is 7.45. The van der Waals surface area contributed by atoms with Crippen molar-refractivity contribution in [1.29, 1.82) is 0 Å². The second-order valence-corrected chi connectivity index (χ2v) is 4.63. The molecule has 0 radical (unpaired) electrons. The first-order chi connectivity index (χ1) is 10.2. The fourth-order valence-corrected chi connectivity index (χ4v) is 2.01. The third-order valence-electron chi connectivity index (χ3n) is 3.14. The maximum Gasteiger partial charge on any atom is 0.259 e. The van der Waals surface area contributed by atoms with Crippen molar-refractivity contribution in [1.82, 2.24) is 5.32 Å². The molecule has 0 saturated heterocycles. The molecule has 2 aromatic carbocycles. The minimum atomic E-state index is -0.174. The lowest BCUT2D eigenvalue weighted by Crippen LogP contribution is -2.14. The van der Waals surface area contributed by atoms with Gasteiger partial charge in [-0.15, -0.1) is 0 Å². The molecule has 0 aliphatic rings. The molecule has 0 aliphatic carbocycles. The molecule has 2 aromatic rings. The number of carbonyl (C=O) groups is 1. The van der Waals surface area contributed by atoms with Gasteiger partial charge in [-0.3, -0.25) is 4.79 Å². The largest absolute Gasteiger partial charge is 0.496 e. The van der Waals surface area contributed by atoms with E-state index in [1.807, 2.05) is 36.4 Å². The van der Waals surface area contributed by atoms with Crippen molar-refractivity contribution in [2.45, 2.75) is 13.5 Å². The molecule has 0 unspecified atom stereocenters. The first-order valence-corrected chi connectivity index (χ1v) is 6.98. The van der Waals surface area contributed by atoms with E-state index in [1.165, 1.54) is 5.56 Å². The molecule has 0 atom stereocenters. The lowest BCUT2D eigenvalue weighted by atomic mass is 10.1. The molecule has 1 amide bonds. The van der Waals surface area contributed by atoms with Gasteiger partial charge < -0.3 is 15.4 Å². The fraction of sp³-hybridized carbons (Fsp3) is 0.235. The molecule has 21 heavy (non-hydrogen) atoms. The van der Waals surface area contributed by atoms with Crippen molar-refractivity contribution in [3.8, 4) is 5.75 Å². The summed E-state index contributed by atoms with van der Waals surface area (Å²) < 4.78 is 5.20. The zero-order valence-electron chi connectivity index (χ0n) is 12.3. The summed E-state index contributed by atoms with van der Waals surface area (Å²) in [7, 11) is 1.56. The van der Waals surface area contributed by atoms with Gasteiger partial charge in [-0.25, -0.2) is 0 Å². The molecule has 0 aliphatic heterocycles. The Labute approximate surface area is 125 Å². The van der Waals surface area contributed by atoms with Crippen LogP contribution >= 0.6 is 0 Å². The van der Waals surface area contributed by atoms with Crippen LogP contribution in [0.3, 0.4) is 0 Å². The number of hydrogen-bond donors (Lipinski definition) is 2. The van der Waals surface area contributed by atoms with E-state index < -0.39 is 0 Å². The Morgan fingerprint density at radius 3 is 2.48 bits per heavy atom. The van der Waals surface area contributed by atoms with Crippen LogP contribution in [0.25, 0.3) is 0 Å². The molecule has 2 N–H and O–H groups in total. The van der Waals surface area contributed by atoms with E-state index in [4.69, 9.17) is 4.74 Å². The first-order valence-electron chi connectivity index (χ1n) is 6.98. The van der Waals surface area contributed by atoms with Crippen molar-refractivity contribution < 1.29 is 9.53 Å². The van der Waals surface area contributed by atoms with Crippen LogP contribution in [-0.2, 0) is 6.54 Å². The summed E-state index contributed by atoms with van der Waals surface area (Å²) in [5, 5.41) is 6.14. The Morgan fingerprint density at radius 1 is 1.10 bits per heavy atom. The van der Waals surface area contributed by atoms with Gasteiger partial charge in [-0.2, -0.15) is 0 Å². The van der Waals surface area contributed by atoms with E-state index in [0.29, 0.717) is 11.3 Å². The molecule has 0 saturated carbocycles. The smallest absolute Gasteiger partial charge is 0.259 e. The number of anilines is 1. The number of rotatable bonds is 6. The minimum absolute atomic E-state index is 0.174. The molecule has 0 aromatic heterocycles. The van der Waals surface area contributed by atoms with Crippen LogP contribution in [0.4, 0.5) is 5.69 Å². The summed E-state index contributed by atoms with van der Waals surface area (Å²) in [6, 6.07) is 15.0. The van der Waals surface area contributed by atoms with Crippen LogP contribution < -0.4 is 15.4 Å². The number of hydrogen-bond acceptors (Lipinski definition) is 3. The van der Waals surface area contributed by atoms with Crippen molar-refractivity contribution in [3.05, 3.63) is 59.7 Å².